The zero-order valence-electron chi connectivity index (χ0n) is 67.5. The van der Waals surface area contributed by atoms with Crippen molar-refractivity contribution >= 4 is 33.6 Å². The highest BCUT2D eigenvalue weighted by Gasteiger charge is 2.29. The smallest absolute Gasteiger partial charge is 0.463 e. The van der Waals surface area contributed by atoms with E-state index < -0.39 is 91.5 Å². The van der Waals surface area contributed by atoms with Crippen molar-refractivity contribution in [1.82, 2.24) is 0 Å². The van der Waals surface area contributed by atoms with Gasteiger partial charge in [-0.05, 0) is 148 Å². The van der Waals surface area contributed by atoms with E-state index in [2.05, 4.69) is 154 Å². The molecule has 0 bridgehead atoms. The Morgan fingerprint density at radius 2 is 0.467 bits per heavy atom. The fraction of sp³-hybridized carbons (Fsp3) is 0.719. The van der Waals surface area contributed by atoms with Gasteiger partial charge in [0.2, 0.25) is 0 Å². The summed E-state index contributed by atoms with van der Waals surface area (Å²) in [6.07, 6.45) is 99.2. The maximum absolute atomic E-state index is 13.0. The summed E-state index contributed by atoms with van der Waals surface area (Å²) < 4.78 is 61.3. The summed E-state index contributed by atoms with van der Waals surface area (Å²) in [5.74, 6) is -1.60. The molecule has 0 spiro atoms. The molecule has 4 N–H and O–H groups in total. The van der Waals surface area contributed by atoms with Crippen LogP contribution in [0.15, 0.2) is 134 Å². The van der Waals surface area contributed by atoms with E-state index in [1.165, 1.54) is 148 Å². The van der Waals surface area contributed by atoms with Gasteiger partial charge in [-0.3, -0.25) is 32.5 Å². The number of rotatable bonds is 80. The third kappa shape index (κ3) is 82.5. The number of carbonyl (C=O) groups is 3. The fourth-order valence-corrected chi connectivity index (χ4v) is 12.9. The molecule has 5 unspecified atom stereocenters. The molecule has 0 heterocycles. The summed E-state index contributed by atoms with van der Waals surface area (Å²) in [5.41, 5.74) is 0. The minimum absolute atomic E-state index is 0.0829. The van der Waals surface area contributed by atoms with E-state index in [0.29, 0.717) is 19.3 Å². The molecule has 0 aliphatic heterocycles. The SMILES string of the molecule is CCCCC/C=C\C/C=C\C/C=C\C/C=C\CCCCCCCCCCCCCCCCCC(=O)OCC(O)COP(=O)(O)OCC(O)COP(=O)(O)OCC(COC(=O)CCCCCCC/C=C\C/C=C\C/C=C\C/C=C\CCCCC)OC(=O)CCCCCCCC/C=C\C/C=C\C/C=C\CCCCC. The molecule has 0 amide bonds. The van der Waals surface area contributed by atoms with Gasteiger partial charge < -0.3 is 34.2 Å². The van der Waals surface area contributed by atoms with Crippen molar-refractivity contribution in [1.29, 1.82) is 0 Å². The van der Waals surface area contributed by atoms with Crippen LogP contribution in [0.5, 0.6) is 0 Å². The van der Waals surface area contributed by atoms with Crippen LogP contribution in [0.1, 0.15) is 355 Å². The van der Waals surface area contributed by atoms with E-state index in [4.69, 9.17) is 32.3 Å². The lowest BCUT2D eigenvalue weighted by molar-refractivity contribution is -0.161. The third-order valence-electron chi connectivity index (χ3n) is 17.8. The standard InChI is InChI=1S/C89H154O16P2/c1-4-7-10-13-16-19-22-25-28-31-34-36-37-38-39-40-41-42-43-44-45-47-50-51-54-57-60-63-66-69-72-75-87(92)99-78-84(90)79-101-106(95,96)102-80-85(91)81-103-107(97,98)104-83-86(105-89(94)77-74-71-68-65-62-59-56-53-48-33-30-27-24-21-18-15-12-9-6-3)82-100-88(93)76-73-70-67-64-61-58-55-52-49-46-35-32-29-26-23-20-17-14-11-8-5-2/h16-21,25-30,34-36,38-39,46,48,52-53,55,84-86,90-91H,4-15,22-24,31-33,37,40-45,47,49-51,54,56-83H2,1-3H3,(H,95,96)(H,97,98)/b19-16-,20-17-,21-18-,28-25-,29-26-,30-27-,36-34-,39-38-,46-35-,53-48-,55-52-. The molecule has 0 aromatic rings. The van der Waals surface area contributed by atoms with Gasteiger partial charge >= 0.3 is 33.6 Å². The molecule has 0 aromatic heterocycles. The lowest BCUT2D eigenvalue weighted by Crippen LogP contribution is -2.30. The van der Waals surface area contributed by atoms with Crippen LogP contribution >= 0.6 is 15.6 Å². The molecule has 0 radical (unpaired) electrons. The minimum atomic E-state index is -4.95. The quantitative estimate of drug-likeness (QED) is 0.0146. The van der Waals surface area contributed by atoms with Crippen LogP contribution in [0, 0.1) is 0 Å². The summed E-state index contributed by atoms with van der Waals surface area (Å²) >= 11 is 0. The van der Waals surface area contributed by atoms with Gasteiger partial charge in [-0.2, -0.15) is 0 Å². The Labute approximate surface area is 652 Å². The maximum atomic E-state index is 13.0. The molecule has 0 aromatic carbocycles. The minimum Gasteiger partial charge on any atom is -0.463 e. The number of hydrogen-bond donors (Lipinski definition) is 4. The van der Waals surface area contributed by atoms with Crippen molar-refractivity contribution in [3.8, 4) is 0 Å². The fourth-order valence-electron chi connectivity index (χ4n) is 11.3. The van der Waals surface area contributed by atoms with Gasteiger partial charge in [0.25, 0.3) is 0 Å². The molecular weight excluding hydrogens is 1390 g/mol. The van der Waals surface area contributed by atoms with Crippen LogP contribution in [0.25, 0.3) is 0 Å². The predicted octanol–water partition coefficient (Wildman–Crippen LogP) is 25.4. The topological polar surface area (TPSA) is 231 Å². The molecular formula is C89H154O16P2. The normalized spacial score (nSPS) is 14.6. The number of aliphatic hydroxyl groups excluding tert-OH is 2. The van der Waals surface area contributed by atoms with E-state index in [1.54, 1.807) is 0 Å². The van der Waals surface area contributed by atoms with E-state index >= 15 is 0 Å². The van der Waals surface area contributed by atoms with Gasteiger partial charge in [-0.1, -0.05) is 321 Å². The first-order chi connectivity index (χ1) is 52.2. The Hall–Kier alpha value is -4.31. The monoisotopic (exact) mass is 1540 g/mol. The number of esters is 3. The van der Waals surface area contributed by atoms with Gasteiger partial charge in [0.15, 0.2) is 6.10 Å². The highest BCUT2D eigenvalue weighted by Crippen LogP contribution is 2.45. The van der Waals surface area contributed by atoms with Crippen molar-refractivity contribution in [3.05, 3.63) is 134 Å². The number of ether oxygens (including phenoxy) is 3. The van der Waals surface area contributed by atoms with Gasteiger partial charge in [-0.25, -0.2) is 9.13 Å². The lowest BCUT2D eigenvalue weighted by atomic mass is 10.0. The van der Waals surface area contributed by atoms with E-state index in [0.717, 1.165) is 148 Å². The summed E-state index contributed by atoms with van der Waals surface area (Å²) in [6.45, 7) is 2.59. The molecule has 0 aliphatic carbocycles. The Balaban J connectivity index is 4.57. The van der Waals surface area contributed by atoms with E-state index in [1.807, 2.05) is 0 Å². The van der Waals surface area contributed by atoms with E-state index in [9.17, 15) is 43.5 Å². The largest absolute Gasteiger partial charge is 0.472 e. The third-order valence-corrected chi connectivity index (χ3v) is 19.7. The van der Waals surface area contributed by atoms with Crippen LogP contribution in [-0.4, -0.2) is 95.9 Å². The van der Waals surface area contributed by atoms with Crippen molar-refractivity contribution in [2.45, 2.75) is 373 Å². The zero-order valence-corrected chi connectivity index (χ0v) is 69.3. The molecule has 16 nitrogen and oxygen atoms in total. The summed E-state index contributed by atoms with van der Waals surface area (Å²) in [5, 5.41) is 20.7. The Bertz CT molecular complexity index is 2480. The van der Waals surface area contributed by atoms with Gasteiger partial charge in [-0.15, -0.1) is 0 Å². The molecule has 0 saturated heterocycles. The molecule has 18 heteroatoms. The average molecular weight is 1540 g/mol. The van der Waals surface area contributed by atoms with Crippen LogP contribution in [0.4, 0.5) is 0 Å². The van der Waals surface area contributed by atoms with Crippen LogP contribution in [-0.2, 0) is 55.8 Å². The summed E-state index contributed by atoms with van der Waals surface area (Å²) in [4.78, 5) is 58.8. The van der Waals surface area contributed by atoms with Gasteiger partial charge in [0, 0.05) is 19.3 Å². The molecule has 616 valence electrons. The predicted molar refractivity (Wildman–Crippen MR) is 445 cm³/mol. The molecule has 0 rings (SSSR count). The second-order valence-electron chi connectivity index (χ2n) is 28.3. The number of aliphatic hydroxyl groups is 2. The number of allylic oxidation sites excluding steroid dienone is 22. The van der Waals surface area contributed by atoms with Crippen molar-refractivity contribution < 1.29 is 75.8 Å². The Kier molecular flexibility index (Phi) is 77.9. The van der Waals surface area contributed by atoms with E-state index in [-0.39, 0.29) is 19.3 Å². The van der Waals surface area contributed by atoms with Crippen LogP contribution < -0.4 is 0 Å². The van der Waals surface area contributed by atoms with Gasteiger partial charge in [0.05, 0.1) is 26.4 Å². The molecule has 107 heavy (non-hydrogen) atoms. The number of phosphoric acid groups is 2. The Morgan fingerprint density at radius 1 is 0.262 bits per heavy atom. The number of carbonyl (C=O) groups excluding carboxylic acids is 3. The van der Waals surface area contributed by atoms with Crippen molar-refractivity contribution in [2.24, 2.45) is 0 Å². The summed E-state index contributed by atoms with van der Waals surface area (Å²) in [7, 11) is -9.81. The van der Waals surface area contributed by atoms with Gasteiger partial charge in [0.1, 0.15) is 25.4 Å². The van der Waals surface area contributed by atoms with Crippen molar-refractivity contribution in [2.75, 3.05) is 39.6 Å². The molecule has 0 saturated carbocycles. The first kappa shape index (κ1) is 103. The highest BCUT2D eigenvalue weighted by atomic mass is 31.2. The first-order valence-electron chi connectivity index (χ1n) is 42.5. The molecule has 0 fully saturated rings. The number of hydrogen-bond acceptors (Lipinski definition) is 14. The first-order valence-corrected chi connectivity index (χ1v) is 45.5. The molecule has 0 aliphatic rings. The maximum Gasteiger partial charge on any atom is 0.472 e. The number of unbranched alkanes of at least 4 members (excludes halogenated alkanes) is 35. The second kappa shape index (κ2) is 81.2. The second-order valence-corrected chi connectivity index (χ2v) is 31.2. The number of phosphoric ester groups is 2. The lowest BCUT2D eigenvalue weighted by Gasteiger charge is -2.21. The van der Waals surface area contributed by atoms with Crippen molar-refractivity contribution in [3.63, 3.8) is 0 Å². The summed E-state index contributed by atoms with van der Waals surface area (Å²) in [6, 6.07) is 0. The van der Waals surface area contributed by atoms with Crippen LogP contribution in [0.3, 0.4) is 0 Å². The Morgan fingerprint density at radius 3 is 0.738 bits per heavy atom. The average Bonchev–Trinajstić information content (AvgIpc) is 0.906. The van der Waals surface area contributed by atoms with Crippen LogP contribution in [0.2, 0.25) is 0 Å². The highest BCUT2D eigenvalue weighted by molar-refractivity contribution is 7.47. The molecule has 5 atom stereocenters. The zero-order chi connectivity index (χ0) is 78.0.